The minimum atomic E-state index is -4.90. The summed E-state index contributed by atoms with van der Waals surface area (Å²) in [5.74, 6) is -1.34. The van der Waals surface area contributed by atoms with Crippen LogP contribution in [0, 0.1) is 6.92 Å². The smallest absolute Gasteiger partial charge is 0.421 e. The molecule has 2 aliphatic rings. The molecular weight excluding hydrogens is 397 g/mol. The van der Waals surface area contributed by atoms with Crippen LogP contribution in [0.5, 0.6) is 11.6 Å². The standard InChI is InChI=1S/C17H15F3N4O3S/c1-7-6-28-24-14(7)23-15(25)10-11(17(18,19)20)12-16(22-13(10)21)27-9-5-3-2-4-8(9)26-12/h6H,2-5H2,1H3,(H2,21,22)(H,23,24,25)/p+1. The van der Waals surface area contributed by atoms with Crippen LogP contribution in [-0.2, 0) is 6.18 Å². The third-order valence-electron chi connectivity index (χ3n) is 4.51. The fourth-order valence-electron chi connectivity index (χ4n) is 3.17. The lowest BCUT2D eigenvalue weighted by Gasteiger charge is -2.27. The maximum Gasteiger partial charge on any atom is 0.421 e. The summed E-state index contributed by atoms with van der Waals surface area (Å²) in [6.07, 6.45) is -2.22. The number of H-pyrrole nitrogens is 1. The molecule has 7 nitrogen and oxygen atoms in total. The molecule has 0 unspecified atom stereocenters. The van der Waals surface area contributed by atoms with E-state index in [2.05, 4.69) is 14.7 Å². The van der Waals surface area contributed by atoms with Crippen molar-refractivity contribution in [2.45, 2.75) is 38.8 Å². The first-order valence-corrected chi connectivity index (χ1v) is 9.35. The Morgan fingerprint density at radius 3 is 2.57 bits per heavy atom. The van der Waals surface area contributed by atoms with Crippen LogP contribution in [0.1, 0.15) is 47.2 Å². The molecule has 3 heterocycles. The Hall–Kier alpha value is -2.82. The topological polar surface area (TPSA) is 101 Å². The molecule has 0 bridgehead atoms. The Balaban J connectivity index is 1.82. The summed E-state index contributed by atoms with van der Waals surface area (Å²) in [4.78, 5) is 15.2. The number of fused-ring (bicyclic) bond motifs is 1. The lowest BCUT2D eigenvalue weighted by Crippen LogP contribution is -2.31. The Labute approximate surface area is 161 Å². The zero-order valence-corrected chi connectivity index (χ0v) is 15.5. The van der Waals surface area contributed by atoms with Gasteiger partial charge in [0, 0.05) is 23.8 Å². The predicted octanol–water partition coefficient (Wildman–Crippen LogP) is 3.68. The second kappa shape index (κ2) is 6.66. The Morgan fingerprint density at radius 2 is 1.96 bits per heavy atom. The number of hydrogen-bond donors (Lipinski definition) is 2. The van der Waals surface area contributed by atoms with Crippen molar-refractivity contribution < 1.29 is 32.4 Å². The minimum absolute atomic E-state index is 0.176. The Morgan fingerprint density at radius 1 is 1.29 bits per heavy atom. The first kappa shape index (κ1) is 18.5. The van der Waals surface area contributed by atoms with Crippen molar-refractivity contribution in [2.24, 2.45) is 0 Å². The van der Waals surface area contributed by atoms with Gasteiger partial charge in [-0.1, -0.05) is 0 Å². The van der Waals surface area contributed by atoms with Crippen molar-refractivity contribution >= 4 is 29.1 Å². The molecule has 1 aliphatic heterocycles. The van der Waals surface area contributed by atoms with Gasteiger partial charge >= 0.3 is 12.1 Å². The first-order chi connectivity index (χ1) is 13.3. The summed E-state index contributed by atoms with van der Waals surface area (Å²) in [6.45, 7) is 1.68. The van der Waals surface area contributed by atoms with Crippen LogP contribution in [0.15, 0.2) is 16.9 Å². The second-order valence-electron chi connectivity index (χ2n) is 6.50. The number of aryl methyl sites for hydroxylation is 1. The van der Waals surface area contributed by atoms with Crippen LogP contribution < -0.4 is 25.5 Å². The van der Waals surface area contributed by atoms with Crippen LogP contribution in [0.3, 0.4) is 0 Å². The molecule has 0 saturated heterocycles. The SMILES string of the molecule is Cc1csnc1NC(=O)c1c(N)[nH+]c2c(c1C(F)(F)F)OC1=C(CCCC1)O2. The highest BCUT2D eigenvalue weighted by atomic mass is 32.1. The molecule has 1 amide bonds. The zero-order chi connectivity index (χ0) is 20.1. The first-order valence-electron chi connectivity index (χ1n) is 8.51. The molecule has 2 aromatic rings. The third kappa shape index (κ3) is 3.15. The van der Waals surface area contributed by atoms with Crippen LogP contribution in [-0.4, -0.2) is 10.3 Å². The monoisotopic (exact) mass is 413 g/mol. The summed E-state index contributed by atoms with van der Waals surface area (Å²) in [7, 11) is 0. The van der Waals surface area contributed by atoms with E-state index in [0.717, 1.165) is 24.4 Å². The van der Waals surface area contributed by atoms with E-state index in [0.29, 0.717) is 29.9 Å². The molecular formula is C17H16F3N4O3S+. The van der Waals surface area contributed by atoms with E-state index >= 15 is 0 Å². The summed E-state index contributed by atoms with van der Waals surface area (Å²) in [6, 6.07) is 0. The van der Waals surface area contributed by atoms with Gasteiger partial charge in [-0.05, 0) is 31.3 Å². The van der Waals surface area contributed by atoms with Gasteiger partial charge in [-0.25, -0.2) is 4.98 Å². The van der Waals surface area contributed by atoms with Crippen LogP contribution in [0.4, 0.5) is 24.8 Å². The van der Waals surface area contributed by atoms with Crippen LogP contribution in [0.2, 0.25) is 0 Å². The number of nitrogen functional groups attached to an aromatic ring is 1. The van der Waals surface area contributed by atoms with Crippen molar-refractivity contribution in [2.75, 3.05) is 11.1 Å². The number of alkyl halides is 3. The lowest BCUT2D eigenvalue weighted by atomic mass is 10.0. The number of hydrogen-bond acceptors (Lipinski definition) is 6. The molecule has 0 saturated carbocycles. The lowest BCUT2D eigenvalue weighted by molar-refractivity contribution is -0.378. The molecule has 1 aliphatic carbocycles. The second-order valence-corrected chi connectivity index (χ2v) is 7.13. The van der Waals surface area contributed by atoms with Crippen molar-refractivity contribution in [3.05, 3.63) is 33.6 Å². The molecule has 0 spiro atoms. The van der Waals surface area contributed by atoms with Crippen LogP contribution in [0.25, 0.3) is 0 Å². The van der Waals surface area contributed by atoms with Gasteiger partial charge in [0.1, 0.15) is 28.5 Å². The highest BCUT2D eigenvalue weighted by molar-refractivity contribution is 7.04. The summed E-state index contributed by atoms with van der Waals surface area (Å²) in [5.41, 5.74) is 4.38. The van der Waals surface area contributed by atoms with Gasteiger partial charge in [-0.3, -0.25) is 10.5 Å². The van der Waals surface area contributed by atoms with Gasteiger partial charge in [0.25, 0.3) is 11.7 Å². The number of carbonyl (C=O) groups is 1. The Bertz CT molecular complexity index is 1000. The molecule has 2 aromatic heterocycles. The van der Waals surface area contributed by atoms with E-state index in [1.165, 1.54) is 0 Å². The third-order valence-corrected chi connectivity index (χ3v) is 5.26. The van der Waals surface area contributed by atoms with Crippen molar-refractivity contribution in [1.82, 2.24) is 4.37 Å². The number of nitrogens with zero attached hydrogens (tertiary/aromatic N) is 1. The number of halogens is 3. The average molecular weight is 413 g/mol. The molecule has 148 valence electrons. The highest BCUT2D eigenvalue weighted by Gasteiger charge is 2.46. The molecule has 11 heteroatoms. The van der Waals surface area contributed by atoms with E-state index in [1.54, 1.807) is 12.3 Å². The summed E-state index contributed by atoms with van der Waals surface area (Å²) >= 11 is 1.08. The molecule has 4 N–H and O–H groups in total. The molecule has 0 fully saturated rings. The molecule has 0 aromatic carbocycles. The normalized spacial score (nSPS) is 16.0. The number of aromatic amines is 1. The zero-order valence-electron chi connectivity index (χ0n) is 14.7. The summed E-state index contributed by atoms with van der Waals surface area (Å²) in [5, 5.41) is 4.04. The number of aromatic nitrogens is 2. The number of carbonyl (C=O) groups excluding carboxylic acids is 1. The van der Waals surface area contributed by atoms with Gasteiger partial charge in [0.2, 0.25) is 5.75 Å². The number of allylic oxidation sites excluding steroid dienone is 2. The van der Waals surface area contributed by atoms with Crippen LogP contribution >= 0.6 is 11.5 Å². The minimum Gasteiger partial charge on any atom is -0.449 e. The number of ether oxygens (including phenoxy) is 2. The number of amides is 1. The van der Waals surface area contributed by atoms with E-state index in [4.69, 9.17) is 15.2 Å². The van der Waals surface area contributed by atoms with Gasteiger partial charge in [0.05, 0.1) is 0 Å². The number of anilines is 2. The molecule has 0 radical (unpaired) electrons. The van der Waals surface area contributed by atoms with Gasteiger partial charge in [0.15, 0.2) is 0 Å². The number of rotatable bonds is 2. The fraction of sp³-hybridized carbons (Fsp3) is 0.353. The average Bonchev–Trinajstić information content (AvgIpc) is 3.02. The maximum atomic E-state index is 13.9. The van der Waals surface area contributed by atoms with Gasteiger partial charge in [-0.2, -0.15) is 17.5 Å². The van der Waals surface area contributed by atoms with E-state index in [1.807, 2.05) is 0 Å². The van der Waals surface area contributed by atoms with Crippen molar-refractivity contribution in [3.63, 3.8) is 0 Å². The van der Waals surface area contributed by atoms with Gasteiger partial charge < -0.3 is 14.8 Å². The number of pyridine rings is 1. The molecule has 28 heavy (non-hydrogen) atoms. The highest BCUT2D eigenvalue weighted by Crippen LogP contribution is 2.47. The largest absolute Gasteiger partial charge is 0.449 e. The Kier molecular flexibility index (Phi) is 4.41. The maximum absolute atomic E-state index is 13.9. The van der Waals surface area contributed by atoms with Crippen molar-refractivity contribution in [1.29, 1.82) is 0 Å². The molecule has 4 rings (SSSR count). The summed E-state index contributed by atoms with van der Waals surface area (Å²) < 4.78 is 56.9. The fourth-order valence-corrected chi connectivity index (χ4v) is 3.79. The van der Waals surface area contributed by atoms with E-state index < -0.39 is 34.8 Å². The van der Waals surface area contributed by atoms with E-state index in [9.17, 15) is 18.0 Å². The number of nitrogens with two attached hydrogens (primary N) is 1. The quantitative estimate of drug-likeness (QED) is 0.782. The van der Waals surface area contributed by atoms with Gasteiger partial charge in [-0.15, -0.1) is 0 Å². The van der Waals surface area contributed by atoms with E-state index in [-0.39, 0.29) is 11.7 Å². The van der Waals surface area contributed by atoms with Crippen molar-refractivity contribution in [3.8, 4) is 11.6 Å². The number of nitrogens with one attached hydrogen (secondary N) is 2. The molecule has 0 atom stereocenters. The predicted molar refractivity (Wildman–Crippen MR) is 94.0 cm³/mol.